The highest BCUT2D eigenvalue weighted by Gasteiger charge is 2.18. The molecule has 1 aromatic carbocycles. The summed E-state index contributed by atoms with van der Waals surface area (Å²) in [5.74, 6) is -0.350. The molecule has 9 heteroatoms. The van der Waals surface area contributed by atoms with Crippen LogP contribution in [0.1, 0.15) is 5.56 Å². The van der Waals surface area contributed by atoms with Crippen LogP contribution in [0.15, 0.2) is 28.6 Å². The second-order valence-corrected chi connectivity index (χ2v) is 6.63. The molecule has 0 bridgehead atoms. The van der Waals surface area contributed by atoms with Crippen molar-refractivity contribution in [3.63, 3.8) is 0 Å². The average Bonchev–Trinajstić information content (AvgIpc) is 2.76. The van der Waals surface area contributed by atoms with E-state index in [9.17, 15) is 12.8 Å². The van der Waals surface area contributed by atoms with Crippen molar-refractivity contribution in [1.82, 2.24) is 14.9 Å². The van der Waals surface area contributed by atoms with Crippen LogP contribution in [0, 0.1) is 5.82 Å². The number of aromatic nitrogens is 2. The summed E-state index contributed by atoms with van der Waals surface area (Å²) in [6, 6.07) is 5.99. The molecular formula is C10H11FN4O2S2. The lowest BCUT2D eigenvalue weighted by molar-refractivity contribution is 0.579. The van der Waals surface area contributed by atoms with Crippen LogP contribution in [0.3, 0.4) is 0 Å². The van der Waals surface area contributed by atoms with E-state index in [0.29, 0.717) is 12.0 Å². The molecule has 0 aliphatic carbocycles. The van der Waals surface area contributed by atoms with Crippen molar-refractivity contribution < 1.29 is 12.8 Å². The molecule has 102 valence electrons. The number of sulfonamides is 1. The summed E-state index contributed by atoms with van der Waals surface area (Å²) in [7, 11) is -3.70. The number of hydrogen-bond acceptors (Lipinski definition) is 6. The summed E-state index contributed by atoms with van der Waals surface area (Å²) in [4.78, 5) is 0. The molecule has 3 N–H and O–H groups in total. The Morgan fingerprint density at radius 1 is 1.37 bits per heavy atom. The first-order valence-corrected chi connectivity index (χ1v) is 7.60. The lowest BCUT2D eigenvalue weighted by Crippen LogP contribution is -2.26. The molecule has 19 heavy (non-hydrogen) atoms. The van der Waals surface area contributed by atoms with E-state index < -0.39 is 10.0 Å². The number of rotatable bonds is 5. The van der Waals surface area contributed by atoms with Gasteiger partial charge in [-0.3, -0.25) is 0 Å². The largest absolute Gasteiger partial charge is 0.374 e. The maximum absolute atomic E-state index is 12.9. The number of halogens is 1. The van der Waals surface area contributed by atoms with Gasteiger partial charge in [-0.1, -0.05) is 23.5 Å². The Bertz CT molecular complexity index is 672. The van der Waals surface area contributed by atoms with Crippen LogP contribution in [0.2, 0.25) is 0 Å². The van der Waals surface area contributed by atoms with Gasteiger partial charge in [0, 0.05) is 6.54 Å². The Balaban J connectivity index is 1.96. The van der Waals surface area contributed by atoms with Crippen molar-refractivity contribution in [3.05, 3.63) is 35.6 Å². The van der Waals surface area contributed by atoms with Gasteiger partial charge < -0.3 is 5.73 Å². The van der Waals surface area contributed by atoms with Crippen molar-refractivity contribution in [2.75, 3.05) is 12.3 Å². The van der Waals surface area contributed by atoms with E-state index >= 15 is 0 Å². The second-order valence-electron chi connectivity index (χ2n) is 3.68. The maximum atomic E-state index is 12.9. The molecule has 0 radical (unpaired) electrons. The number of nitrogens with two attached hydrogens (primary N) is 1. The summed E-state index contributed by atoms with van der Waals surface area (Å²) in [5.41, 5.74) is 6.03. The Morgan fingerprint density at radius 2 is 2.16 bits per heavy atom. The SMILES string of the molecule is Nc1nnc(S(=O)(=O)NCCc2cccc(F)c2)s1. The first-order valence-electron chi connectivity index (χ1n) is 5.30. The van der Waals surface area contributed by atoms with Crippen molar-refractivity contribution >= 4 is 26.5 Å². The molecule has 0 spiro atoms. The fourth-order valence-electron chi connectivity index (χ4n) is 1.41. The zero-order valence-electron chi connectivity index (χ0n) is 9.71. The number of anilines is 1. The molecule has 0 saturated carbocycles. The second kappa shape index (κ2) is 5.59. The van der Waals surface area contributed by atoms with Gasteiger partial charge in [-0.25, -0.2) is 17.5 Å². The van der Waals surface area contributed by atoms with Crippen LogP contribution in [0.25, 0.3) is 0 Å². The third-order valence-electron chi connectivity index (χ3n) is 2.25. The van der Waals surface area contributed by atoms with E-state index in [2.05, 4.69) is 14.9 Å². The van der Waals surface area contributed by atoms with Gasteiger partial charge in [0.2, 0.25) is 9.47 Å². The van der Waals surface area contributed by atoms with E-state index in [-0.39, 0.29) is 21.8 Å². The van der Waals surface area contributed by atoms with Gasteiger partial charge in [0.05, 0.1) is 0 Å². The van der Waals surface area contributed by atoms with Gasteiger partial charge in [-0.2, -0.15) is 0 Å². The lowest BCUT2D eigenvalue weighted by Gasteiger charge is -2.03. The number of benzene rings is 1. The molecule has 1 aromatic heterocycles. The quantitative estimate of drug-likeness (QED) is 0.850. The van der Waals surface area contributed by atoms with Crippen molar-refractivity contribution in [1.29, 1.82) is 0 Å². The summed E-state index contributed by atoms with van der Waals surface area (Å²) >= 11 is 0.788. The van der Waals surface area contributed by atoms with E-state index in [1.165, 1.54) is 12.1 Å². The molecule has 0 unspecified atom stereocenters. The zero-order chi connectivity index (χ0) is 13.9. The van der Waals surface area contributed by atoms with Gasteiger partial charge in [-0.05, 0) is 24.1 Å². The highest BCUT2D eigenvalue weighted by atomic mass is 32.2. The zero-order valence-corrected chi connectivity index (χ0v) is 11.3. The molecule has 0 saturated heterocycles. The van der Waals surface area contributed by atoms with Crippen molar-refractivity contribution in [2.45, 2.75) is 10.8 Å². The minimum absolute atomic E-state index is 0.0884. The Kier molecular flexibility index (Phi) is 4.08. The third kappa shape index (κ3) is 3.69. The standard InChI is InChI=1S/C10H11FN4O2S2/c11-8-3-1-2-7(6-8)4-5-13-19(16,17)10-15-14-9(12)18-10/h1-3,6,13H,4-5H2,(H2,12,14). The van der Waals surface area contributed by atoms with E-state index in [1.807, 2.05) is 0 Å². The minimum atomic E-state index is -3.70. The predicted molar refractivity (Wildman–Crippen MR) is 69.6 cm³/mol. The molecule has 0 aliphatic rings. The molecule has 2 rings (SSSR count). The third-order valence-corrected chi connectivity index (χ3v) is 4.83. The monoisotopic (exact) mass is 302 g/mol. The smallest absolute Gasteiger partial charge is 0.269 e. The average molecular weight is 302 g/mol. The predicted octanol–water partition coefficient (Wildman–Crippen LogP) is 0.780. The molecule has 0 atom stereocenters. The number of nitrogen functional groups attached to an aromatic ring is 1. The van der Waals surface area contributed by atoms with Crippen LogP contribution in [-0.2, 0) is 16.4 Å². The maximum Gasteiger partial charge on any atom is 0.269 e. The van der Waals surface area contributed by atoms with Crippen LogP contribution in [0.5, 0.6) is 0 Å². The molecular weight excluding hydrogens is 291 g/mol. The lowest BCUT2D eigenvalue weighted by atomic mass is 10.1. The van der Waals surface area contributed by atoms with Crippen LogP contribution in [0.4, 0.5) is 9.52 Å². The Labute approximate surface area is 113 Å². The summed E-state index contributed by atoms with van der Waals surface area (Å²) in [6.45, 7) is 0.144. The van der Waals surface area contributed by atoms with Crippen molar-refractivity contribution in [3.8, 4) is 0 Å². The van der Waals surface area contributed by atoms with Gasteiger partial charge in [0.1, 0.15) is 5.82 Å². The van der Waals surface area contributed by atoms with E-state index in [0.717, 1.165) is 11.3 Å². The van der Waals surface area contributed by atoms with Crippen LogP contribution < -0.4 is 10.5 Å². The molecule has 2 aromatic rings. The van der Waals surface area contributed by atoms with Crippen LogP contribution in [-0.4, -0.2) is 25.2 Å². The summed E-state index contributed by atoms with van der Waals surface area (Å²) in [6.07, 6.45) is 0.380. The van der Waals surface area contributed by atoms with Gasteiger partial charge in [0.15, 0.2) is 0 Å². The normalized spacial score (nSPS) is 11.6. The Hall–Kier alpha value is -1.58. The molecule has 0 aliphatic heterocycles. The van der Waals surface area contributed by atoms with Gasteiger partial charge >= 0.3 is 0 Å². The highest BCUT2D eigenvalue weighted by molar-refractivity contribution is 7.91. The van der Waals surface area contributed by atoms with Gasteiger partial charge in [0.25, 0.3) is 10.0 Å². The number of nitrogens with one attached hydrogen (secondary N) is 1. The topological polar surface area (TPSA) is 98.0 Å². The molecule has 0 amide bonds. The molecule has 0 fully saturated rings. The summed E-state index contributed by atoms with van der Waals surface area (Å²) < 4.78 is 38.6. The summed E-state index contributed by atoms with van der Waals surface area (Å²) in [5, 5.41) is 6.99. The first-order chi connectivity index (χ1) is 8.97. The fourth-order valence-corrected chi connectivity index (χ4v) is 3.27. The molecule has 6 nitrogen and oxygen atoms in total. The molecule has 1 heterocycles. The minimum Gasteiger partial charge on any atom is -0.374 e. The van der Waals surface area contributed by atoms with E-state index in [1.54, 1.807) is 12.1 Å². The van der Waals surface area contributed by atoms with E-state index in [4.69, 9.17) is 5.73 Å². The Morgan fingerprint density at radius 3 is 2.79 bits per heavy atom. The number of nitrogens with zero attached hydrogens (tertiary/aromatic N) is 2. The number of hydrogen-bond donors (Lipinski definition) is 2. The first kappa shape index (κ1) is 13.8. The highest BCUT2D eigenvalue weighted by Crippen LogP contribution is 2.16. The fraction of sp³-hybridized carbons (Fsp3) is 0.200. The van der Waals surface area contributed by atoms with Gasteiger partial charge in [-0.15, -0.1) is 10.2 Å². The van der Waals surface area contributed by atoms with Crippen LogP contribution >= 0.6 is 11.3 Å². The van der Waals surface area contributed by atoms with Crippen molar-refractivity contribution in [2.24, 2.45) is 0 Å².